The number of aromatic nitrogens is 2. The summed E-state index contributed by atoms with van der Waals surface area (Å²) in [4.78, 5) is 11.8. The lowest BCUT2D eigenvalue weighted by atomic mass is 10.1. The summed E-state index contributed by atoms with van der Waals surface area (Å²) in [6.07, 6.45) is 3.09. The van der Waals surface area contributed by atoms with Crippen molar-refractivity contribution in [3.8, 4) is 0 Å². The van der Waals surface area contributed by atoms with Gasteiger partial charge in [-0.15, -0.1) is 0 Å². The molecule has 130 valence electrons. The minimum Gasteiger partial charge on any atom is -0.440 e. The summed E-state index contributed by atoms with van der Waals surface area (Å²) in [5.41, 5.74) is 5.39. The molecule has 4 nitrogen and oxygen atoms in total. The summed E-state index contributed by atoms with van der Waals surface area (Å²) >= 11 is 0. The summed E-state index contributed by atoms with van der Waals surface area (Å²) in [6.45, 7) is 5.06. The molecule has 4 aromatic rings. The number of para-hydroxylation sites is 1. The molecule has 3 heterocycles. The number of hydrogen-bond acceptors (Lipinski definition) is 4. The van der Waals surface area contributed by atoms with Gasteiger partial charge in [0.1, 0.15) is 5.52 Å². The van der Waals surface area contributed by atoms with Crippen LogP contribution >= 0.6 is 0 Å². The van der Waals surface area contributed by atoms with Crippen molar-refractivity contribution in [2.75, 3.05) is 13.1 Å². The van der Waals surface area contributed by atoms with Crippen molar-refractivity contribution < 1.29 is 4.42 Å². The van der Waals surface area contributed by atoms with Crippen LogP contribution in [0, 0.1) is 6.92 Å². The number of oxazole rings is 1. The SMILES string of the molecule is Cc1ccc2oc([C@H]3CCN(Cc4cnc5ccccc5c4)C3)nc2c1. The minimum absolute atomic E-state index is 0.371. The Bertz CT molecular complexity index is 1090. The maximum Gasteiger partial charge on any atom is 0.199 e. The van der Waals surface area contributed by atoms with Crippen LogP contribution < -0.4 is 0 Å². The van der Waals surface area contributed by atoms with Crippen LogP contribution in [-0.4, -0.2) is 28.0 Å². The molecular formula is C22H21N3O. The molecule has 1 aliphatic heterocycles. The van der Waals surface area contributed by atoms with Gasteiger partial charge in [-0.05, 0) is 55.3 Å². The molecule has 1 atom stereocenters. The number of aryl methyl sites for hydroxylation is 1. The van der Waals surface area contributed by atoms with E-state index in [1.807, 2.05) is 18.3 Å². The fourth-order valence-corrected chi connectivity index (χ4v) is 3.87. The Labute approximate surface area is 152 Å². The van der Waals surface area contributed by atoms with Crippen LogP contribution in [0.2, 0.25) is 0 Å². The fourth-order valence-electron chi connectivity index (χ4n) is 3.87. The highest BCUT2D eigenvalue weighted by Gasteiger charge is 2.27. The second-order valence-electron chi connectivity index (χ2n) is 7.28. The van der Waals surface area contributed by atoms with Gasteiger partial charge in [0.2, 0.25) is 0 Å². The van der Waals surface area contributed by atoms with Gasteiger partial charge in [-0.3, -0.25) is 9.88 Å². The van der Waals surface area contributed by atoms with Crippen molar-refractivity contribution in [1.29, 1.82) is 0 Å². The first kappa shape index (κ1) is 15.5. The van der Waals surface area contributed by atoms with E-state index in [-0.39, 0.29) is 0 Å². The Morgan fingerprint density at radius 1 is 1.12 bits per heavy atom. The third kappa shape index (κ3) is 2.86. The largest absolute Gasteiger partial charge is 0.440 e. The first-order valence-electron chi connectivity index (χ1n) is 9.18. The van der Waals surface area contributed by atoms with Crippen LogP contribution in [-0.2, 0) is 6.54 Å². The summed E-state index contributed by atoms with van der Waals surface area (Å²) < 4.78 is 6.01. The van der Waals surface area contributed by atoms with E-state index in [0.29, 0.717) is 5.92 Å². The standard InChI is InChI=1S/C22H21N3O/c1-15-6-7-21-20(10-15)24-22(26-21)18-8-9-25(14-18)13-16-11-17-4-2-3-5-19(17)23-12-16/h2-7,10-12,18H,8-9,13-14H2,1H3/t18-/m0/s1. The molecule has 4 heteroatoms. The molecule has 0 bridgehead atoms. The van der Waals surface area contributed by atoms with Crippen LogP contribution in [0.5, 0.6) is 0 Å². The molecule has 0 N–H and O–H groups in total. The van der Waals surface area contributed by atoms with E-state index in [1.165, 1.54) is 16.5 Å². The molecule has 0 unspecified atom stereocenters. The van der Waals surface area contributed by atoms with E-state index in [9.17, 15) is 0 Å². The molecule has 0 aliphatic carbocycles. The predicted octanol–water partition coefficient (Wildman–Crippen LogP) is 4.67. The van der Waals surface area contributed by atoms with Crippen molar-refractivity contribution >= 4 is 22.0 Å². The number of hydrogen-bond donors (Lipinski definition) is 0. The first-order valence-corrected chi connectivity index (χ1v) is 9.18. The van der Waals surface area contributed by atoms with E-state index >= 15 is 0 Å². The van der Waals surface area contributed by atoms with Gasteiger partial charge < -0.3 is 4.42 Å². The Morgan fingerprint density at radius 3 is 3.00 bits per heavy atom. The van der Waals surface area contributed by atoms with Gasteiger partial charge in [-0.2, -0.15) is 0 Å². The van der Waals surface area contributed by atoms with Crippen LogP contribution in [0.3, 0.4) is 0 Å². The highest BCUT2D eigenvalue weighted by atomic mass is 16.3. The Morgan fingerprint density at radius 2 is 2.04 bits per heavy atom. The normalized spacial score (nSPS) is 18.1. The number of benzene rings is 2. The average molecular weight is 343 g/mol. The number of pyridine rings is 1. The summed E-state index contributed by atoms with van der Waals surface area (Å²) in [7, 11) is 0. The van der Waals surface area contributed by atoms with Crippen LogP contribution in [0.25, 0.3) is 22.0 Å². The Kier molecular flexibility index (Phi) is 3.71. The molecule has 2 aromatic carbocycles. The maximum atomic E-state index is 6.01. The molecule has 0 radical (unpaired) electrons. The molecule has 26 heavy (non-hydrogen) atoms. The van der Waals surface area contributed by atoms with Crippen molar-refractivity contribution in [2.24, 2.45) is 0 Å². The van der Waals surface area contributed by atoms with Gasteiger partial charge in [0.15, 0.2) is 11.5 Å². The van der Waals surface area contributed by atoms with Gasteiger partial charge in [0.25, 0.3) is 0 Å². The lowest BCUT2D eigenvalue weighted by Crippen LogP contribution is -2.19. The van der Waals surface area contributed by atoms with E-state index in [0.717, 1.165) is 48.6 Å². The van der Waals surface area contributed by atoms with Crippen molar-refractivity contribution in [3.63, 3.8) is 0 Å². The average Bonchev–Trinajstić information content (AvgIpc) is 3.28. The summed E-state index contributed by atoms with van der Waals surface area (Å²) in [6, 6.07) is 16.7. The molecule has 0 saturated carbocycles. The van der Waals surface area contributed by atoms with Crippen molar-refractivity contribution in [2.45, 2.75) is 25.8 Å². The van der Waals surface area contributed by atoms with E-state index < -0.39 is 0 Å². The van der Waals surface area contributed by atoms with E-state index in [4.69, 9.17) is 9.40 Å². The summed E-state index contributed by atoms with van der Waals surface area (Å²) in [5.74, 6) is 1.25. The van der Waals surface area contributed by atoms with Gasteiger partial charge >= 0.3 is 0 Å². The smallest absolute Gasteiger partial charge is 0.199 e. The van der Waals surface area contributed by atoms with Gasteiger partial charge in [-0.25, -0.2) is 4.98 Å². The third-order valence-corrected chi connectivity index (χ3v) is 5.23. The second-order valence-corrected chi connectivity index (χ2v) is 7.28. The monoisotopic (exact) mass is 343 g/mol. The molecule has 0 spiro atoms. The third-order valence-electron chi connectivity index (χ3n) is 5.23. The Balaban J connectivity index is 1.32. The van der Waals surface area contributed by atoms with Crippen molar-refractivity contribution in [1.82, 2.24) is 14.9 Å². The van der Waals surface area contributed by atoms with Gasteiger partial charge in [0.05, 0.1) is 5.52 Å². The lowest BCUT2D eigenvalue weighted by molar-refractivity contribution is 0.320. The molecule has 0 amide bonds. The number of nitrogens with zero attached hydrogens (tertiary/aromatic N) is 3. The number of rotatable bonds is 3. The zero-order chi connectivity index (χ0) is 17.5. The maximum absolute atomic E-state index is 6.01. The molecule has 5 rings (SSSR count). The lowest BCUT2D eigenvalue weighted by Gasteiger charge is -2.15. The molecular weight excluding hydrogens is 322 g/mol. The zero-order valence-electron chi connectivity index (χ0n) is 14.9. The molecule has 1 fully saturated rings. The molecule has 1 saturated heterocycles. The van der Waals surface area contributed by atoms with E-state index in [1.54, 1.807) is 0 Å². The van der Waals surface area contributed by atoms with Crippen LogP contribution in [0.1, 0.15) is 29.4 Å². The molecule has 2 aromatic heterocycles. The van der Waals surface area contributed by atoms with Crippen molar-refractivity contribution in [3.05, 3.63) is 71.7 Å². The number of likely N-dealkylation sites (tertiary alicyclic amines) is 1. The predicted molar refractivity (Wildman–Crippen MR) is 103 cm³/mol. The quantitative estimate of drug-likeness (QED) is 0.542. The highest BCUT2D eigenvalue weighted by Crippen LogP contribution is 2.30. The Hall–Kier alpha value is -2.72. The topological polar surface area (TPSA) is 42.2 Å². The molecule has 1 aliphatic rings. The zero-order valence-corrected chi connectivity index (χ0v) is 14.9. The fraction of sp³-hybridized carbons (Fsp3) is 0.273. The van der Waals surface area contributed by atoms with Gasteiger partial charge in [-0.1, -0.05) is 24.3 Å². The highest BCUT2D eigenvalue weighted by molar-refractivity contribution is 5.78. The van der Waals surface area contributed by atoms with Gasteiger partial charge in [0, 0.05) is 30.6 Å². The van der Waals surface area contributed by atoms with Crippen LogP contribution in [0.15, 0.2) is 59.1 Å². The second kappa shape index (κ2) is 6.22. The van der Waals surface area contributed by atoms with E-state index in [2.05, 4.69) is 53.2 Å². The minimum atomic E-state index is 0.371. The summed E-state index contributed by atoms with van der Waals surface area (Å²) in [5, 5.41) is 1.20. The number of fused-ring (bicyclic) bond motifs is 2. The van der Waals surface area contributed by atoms with Crippen LogP contribution in [0.4, 0.5) is 0 Å². The first-order chi connectivity index (χ1) is 12.7.